The molecule has 0 spiro atoms. The van der Waals surface area contributed by atoms with Crippen molar-refractivity contribution in [1.82, 2.24) is 19.5 Å². The molecule has 1 fully saturated rings. The molecule has 8 heteroatoms. The summed E-state index contributed by atoms with van der Waals surface area (Å²) in [5.41, 5.74) is 2.78. The number of aromatic nitrogens is 4. The molecule has 2 aliphatic rings. The molecule has 1 aliphatic carbocycles. The SMILES string of the molecule is Cn1cnc(OC2COC2)c1CSc1nc2c(c(=O)[nH]1)CCC2. The average Bonchev–Trinajstić information content (AvgIpc) is 3.08. The monoisotopic (exact) mass is 334 g/mol. The van der Waals surface area contributed by atoms with Gasteiger partial charge in [0.05, 0.1) is 30.9 Å². The average molecular weight is 334 g/mol. The minimum atomic E-state index is 0.00287. The molecule has 4 rings (SSSR count). The minimum absolute atomic E-state index is 0.00287. The van der Waals surface area contributed by atoms with E-state index >= 15 is 0 Å². The van der Waals surface area contributed by atoms with Crippen LogP contribution in [0.15, 0.2) is 16.3 Å². The van der Waals surface area contributed by atoms with Gasteiger partial charge in [0.15, 0.2) is 5.16 Å². The number of fused-ring (bicyclic) bond motifs is 1. The molecule has 2 aromatic heterocycles. The van der Waals surface area contributed by atoms with Crippen LogP contribution in [-0.4, -0.2) is 38.8 Å². The lowest BCUT2D eigenvalue weighted by Gasteiger charge is -2.26. The zero-order valence-electron chi connectivity index (χ0n) is 12.9. The lowest BCUT2D eigenvalue weighted by atomic mass is 10.3. The van der Waals surface area contributed by atoms with Gasteiger partial charge in [-0.25, -0.2) is 9.97 Å². The van der Waals surface area contributed by atoms with E-state index in [4.69, 9.17) is 9.47 Å². The highest BCUT2D eigenvalue weighted by molar-refractivity contribution is 7.98. The lowest BCUT2D eigenvalue weighted by Crippen LogP contribution is -2.38. The molecule has 2 aromatic rings. The molecule has 0 saturated carbocycles. The molecule has 0 bridgehead atoms. The van der Waals surface area contributed by atoms with Crippen molar-refractivity contribution in [2.75, 3.05) is 13.2 Å². The second-order valence-electron chi connectivity index (χ2n) is 5.82. The number of H-pyrrole nitrogens is 1. The van der Waals surface area contributed by atoms with Crippen molar-refractivity contribution >= 4 is 11.8 Å². The smallest absolute Gasteiger partial charge is 0.254 e. The number of hydrogen-bond donors (Lipinski definition) is 1. The van der Waals surface area contributed by atoms with Crippen molar-refractivity contribution in [3.05, 3.63) is 33.6 Å². The third-order valence-corrected chi connectivity index (χ3v) is 5.06. The summed E-state index contributed by atoms with van der Waals surface area (Å²) in [4.78, 5) is 23.8. The van der Waals surface area contributed by atoms with Crippen LogP contribution in [0.5, 0.6) is 5.88 Å². The summed E-state index contributed by atoms with van der Waals surface area (Å²) in [7, 11) is 1.94. The molecule has 0 radical (unpaired) electrons. The first-order valence-electron chi connectivity index (χ1n) is 7.70. The van der Waals surface area contributed by atoms with Crippen LogP contribution in [-0.2, 0) is 30.4 Å². The van der Waals surface area contributed by atoms with Crippen LogP contribution in [0, 0.1) is 0 Å². The third kappa shape index (κ3) is 2.88. The molecule has 0 amide bonds. The Morgan fingerprint density at radius 1 is 1.48 bits per heavy atom. The second kappa shape index (κ2) is 6.01. The number of hydrogen-bond acceptors (Lipinski definition) is 6. The van der Waals surface area contributed by atoms with Crippen molar-refractivity contribution in [2.24, 2.45) is 7.05 Å². The Morgan fingerprint density at radius 3 is 3.13 bits per heavy atom. The van der Waals surface area contributed by atoms with E-state index in [0.717, 1.165) is 36.2 Å². The first-order valence-corrected chi connectivity index (χ1v) is 8.68. The fraction of sp³-hybridized carbons (Fsp3) is 0.533. The minimum Gasteiger partial charge on any atom is -0.468 e. The van der Waals surface area contributed by atoms with E-state index in [-0.39, 0.29) is 11.7 Å². The van der Waals surface area contributed by atoms with Gasteiger partial charge in [0.2, 0.25) is 5.88 Å². The van der Waals surface area contributed by atoms with Crippen molar-refractivity contribution in [3.8, 4) is 5.88 Å². The number of ether oxygens (including phenoxy) is 2. The van der Waals surface area contributed by atoms with E-state index in [2.05, 4.69) is 15.0 Å². The zero-order valence-corrected chi connectivity index (χ0v) is 13.7. The number of thioether (sulfide) groups is 1. The normalized spacial score (nSPS) is 17.1. The van der Waals surface area contributed by atoms with E-state index in [1.807, 2.05) is 11.6 Å². The summed E-state index contributed by atoms with van der Waals surface area (Å²) in [6.07, 6.45) is 4.58. The summed E-state index contributed by atoms with van der Waals surface area (Å²) >= 11 is 1.50. The Morgan fingerprint density at radius 2 is 2.35 bits per heavy atom. The van der Waals surface area contributed by atoms with Crippen LogP contribution < -0.4 is 10.3 Å². The first kappa shape index (κ1) is 14.8. The molecule has 0 atom stereocenters. The fourth-order valence-electron chi connectivity index (χ4n) is 2.76. The predicted molar refractivity (Wildman–Crippen MR) is 84.9 cm³/mol. The van der Waals surface area contributed by atoms with E-state index in [1.54, 1.807) is 6.33 Å². The number of aromatic amines is 1. The molecule has 122 valence electrons. The summed E-state index contributed by atoms with van der Waals surface area (Å²) in [5.74, 6) is 1.28. The summed E-state index contributed by atoms with van der Waals surface area (Å²) < 4.78 is 12.9. The standard InChI is InChI=1S/C15H18N4O3S/c1-19-8-16-14(22-9-5-21-6-9)12(19)7-23-15-17-11-4-2-3-10(11)13(20)18-15/h8-9H,2-7H2,1H3,(H,17,18,20). The molecule has 0 aromatic carbocycles. The van der Waals surface area contributed by atoms with Gasteiger partial charge in [-0.1, -0.05) is 11.8 Å². The summed E-state index contributed by atoms with van der Waals surface area (Å²) in [6, 6.07) is 0. The molecule has 1 aliphatic heterocycles. The molecule has 0 unspecified atom stereocenters. The number of nitrogens with zero attached hydrogens (tertiary/aromatic N) is 3. The van der Waals surface area contributed by atoms with Gasteiger partial charge in [-0.3, -0.25) is 4.79 Å². The number of rotatable bonds is 5. The van der Waals surface area contributed by atoms with E-state index < -0.39 is 0 Å². The fourth-order valence-corrected chi connectivity index (χ4v) is 3.70. The van der Waals surface area contributed by atoms with Crippen LogP contribution in [0.4, 0.5) is 0 Å². The Labute approximate surface area is 137 Å². The van der Waals surface area contributed by atoms with Crippen LogP contribution in [0.3, 0.4) is 0 Å². The highest BCUT2D eigenvalue weighted by atomic mass is 32.2. The van der Waals surface area contributed by atoms with E-state index in [1.165, 1.54) is 11.8 Å². The highest BCUT2D eigenvalue weighted by Gasteiger charge is 2.23. The number of nitrogens with one attached hydrogen (secondary N) is 1. The maximum absolute atomic E-state index is 12.1. The van der Waals surface area contributed by atoms with Crippen molar-refractivity contribution in [3.63, 3.8) is 0 Å². The Bertz CT molecular complexity index is 782. The molecule has 1 N–H and O–H groups in total. The van der Waals surface area contributed by atoms with Crippen molar-refractivity contribution in [1.29, 1.82) is 0 Å². The van der Waals surface area contributed by atoms with E-state index in [0.29, 0.717) is 30.0 Å². The molecule has 1 saturated heterocycles. The molecule has 3 heterocycles. The number of aryl methyl sites for hydroxylation is 2. The quantitative estimate of drug-likeness (QED) is 0.650. The lowest BCUT2D eigenvalue weighted by molar-refractivity contribution is -0.0815. The Kier molecular flexibility index (Phi) is 3.86. The van der Waals surface area contributed by atoms with Crippen LogP contribution in [0.25, 0.3) is 0 Å². The van der Waals surface area contributed by atoms with Gasteiger partial charge < -0.3 is 19.0 Å². The molecule has 7 nitrogen and oxygen atoms in total. The maximum atomic E-state index is 12.1. The van der Waals surface area contributed by atoms with Gasteiger partial charge >= 0.3 is 0 Å². The van der Waals surface area contributed by atoms with Gasteiger partial charge in [0.1, 0.15) is 6.10 Å². The largest absolute Gasteiger partial charge is 0.468 e. The van der Waals surface area contributed by atoms with Gasteiger partial charge in [0.25, 0.3) is 5.56 Å². The first-order chi connectivity index (χ1) is 11.2. The Hall–Kier alpha value is -1.80. The van der Waals surface area contributed by atoms with Crippen molar-refractivity contribution < 1.29 is 9.47 Å². The molecular weight excluding hydrogens is 316 g/mol. The highest BCUT2D eigenvalue weighted by Crippen LogP contribution is 2.27. The van der Waals surface area contributed by atoms with Crippen LogP contribution in [0.1, 0.15) is 23.4 Å². The third-order valence-electron chi connectivity index (χ3n) is 4.17. The van der Waals surface area contributed by atoms with Crippen molar-refractivity contribution in [2.45, 2.75) is 36.3 Å². The topological polar surface area (TPSA) is 82.0 Å². The summed E-state index contributed by atoms with van der Waals surface area (Å²) in [5, 5.41) is 0.662. The van der Waals surface area contributed by atoms with Crippen LogP contribution in [0.2, 0.25) is 0 Å². The Balaban J connectivity index is 1.50. The second-order valence-corrected chi connectivity index (χ2v) is 6.79. The maximum Gasteiger partial charge on any atom is 0.254 e. The van der Waals surface area contributed by atoms with Gasteiger partial charge in [-0.15, -0.1) is 0 Å². The van der Waals surface area contributed by atoms with E-state index in [9.17, 15) is 4.79 Å². The van der Waals surface area contributed by atoms with Crippen LogP contribution >= 0.6 is 11.8 Å². The zero-order chi connectivity index (χ0) is 15.8. The molecular formula is C15H18N4O3S. The number of imidazole rings is 1. The van der Waals surface area contributed by atoms with Gasteiger partial charge in [-0.2, -0.15) is 0 Å². The van der Waals surface area contributed by atoms with Gasteiger partial charge in [0, 0.05) is 18.4 Å². The summed E-state index contributed by atoms with van der Waals surface area (Å²) in [6.45, 7) is 1.23. The van der Waals surface area contributed by atoms with Gasteiger partial charge in [-0.05, 0) is 19.3 Å². The molecule has 23 heavy (non-hydrogen) atoms. The predicted octanol–water partition coefficient (Wildman–Crippen LogP) is 1.06.